The number of hydrogen-bond acceptors (Lipinski definition) is 3. The van der Waals surface area contributed by atoms with E-state index < -0.39 is 0 Å². The van der Waals surface area contributed by atoms with E-state index in [-0.39, 0.29) is 0 Å². The molecule has 0 amide bonds. The Morgan fingerprint density at radius 1 is 1.08 bits per heavy atom. The van der Waals surface area contributed by atoms with Crippen LogP contribution in [0.3, 0.4) is 0 Å². The predicted molar refractivity (Wildman–Crippen MR) is 48.3 cm³/mol. The lowest BCUT2D eigenvalue weighted by Crippen LogP contribution is -2.30. The third-order valence-electron chi connectivity index (χ3n) is 2.04. The van der Waals surface area contributed by atoms with Crippen LogP contribution in [0, 0.1) is 5.92 Å². The minimum Gasteiger partial charge on any atom is -0.380 e. The Bertz CT molecular complexity index is 93.1. The molecule has 1 aliphatic rings. The van der Waals surface area contributed by atoms with Crippen LogP contribution in [0.4, 0.5) is 0 Å². The molecule has 3 nitrogen and oxygen atoms in total. The van der Waals surface area contributed by atoms with E-state index in [0.717, 1.165) is 39.5 Å². The van der Waals surface area contributed by atoms with Crippen LogP contribution in [-0.4, -0.2) is 51.5 Å². The molecule has 1 fully saturated rings. The first-order valence-electron chi connectivity index (χ1n) is 4.63. The molecule has 0 bridgehead atoms. The van der Waals surface area contributed by atoms with Crippen molar-refractivity contribution in [2.75, 3.05) is 46.6 Å². The summed E-state index contributed by atoms with van der Waals surface area (Å²) in [5.41, 5.74) is 0. The molecule has 0 spiro atoms. The molecule has 0 atom stereocenters. The van der Waals surface area contributed by atoms with Gasteiger partial charge in [0, 0.05) is 19.0 Å². The second-order valence-electron chi connectivity index (χ2n) is 3.56. The lowest BCUT2D eigenvalue weighted by Gasteiger charge is -2.20. The van der Waals surface area contributed by atoms with E-state index >= 15 is 0 Å². The molecule has 0 aliphatic carbocycles. The highest BCUT2D eigenvalue weighted by atomic mass is 16.5. The zero-order chi connectivity index (χ0) is 8.81. The number of rotatable bonds is 0. The van der Waals surface area contributed by atoms with Crippen LogP contribution in [0.25, 0.3) is 0 Å². The summed E-state index contributed by atoms with van der Waals surface area (Å²) < 4.78 is 10.9. The van der Waals surface area contributed by atoms with Gasteiger partial charge in [-0.2, -0.15) is 0 Å². The molecule has 72 valence electrons. The number of hydrogen-bond donors (Lipinski definition) is 0. The number of ether oxygens (including phenoxy) is 2. The fourth-order valence-corrected chi connectivity index (χ4v) is 1.17. The Morgan fingerprint density at radius 2 is 1.58 bits per heavy atom. The lowest BCUT2D eigenvalue weighted by atomic mass is 10.2. The van der Waals surface area contributed by atoms with Gasteiger partial charge in [0.05, 0.1) is 26.4 Å². The highest BCUT2D eigenvalue weighted by Gasteiger charge is 2.06. The Labute approximate surface area is 74.6 Å². The summed E-state index contributed by atoms with van der Waals surface area (Å²) in [7, 11) is 2.09. The van der Waals surface area contributed by atoms with Crippen molar-refractivity contribution in [3.05, 3.63) is 0 Å². The smallest absolute Gasteiger partial charge is 0.0593 e. The molecule has 12 heavy (non-hydrogen) atoms. The van der Waals surface area contributed by atoms with E-state index in [4.69, 9.17) is 9.47 Å². The largest absolute Gasteiger partial charge is 0.380 e. The van der Waals surface area contributed by atoms with Crippen LogP contribution in [0.1, 0.15) is 6.92 Å². The van der Waals surface area contributed by atoms with E-state index in [1.54, 1.807) is 0 Å². The van der Waals surface area contributed by atoms with Crippen LogP contribution in [0.2, 0.25) is 0 Å². The van der Waals surface area contributed by atoms with Crippen LogP contribution in [0.5, 0.6) is 0 Å². The van der Waals surface area contributed by atoms with E-state index in [1.807, 2.05) is 0 Å². The van der Waals surface area contributed by atoms with Gasteiger partial charge in [0.2, 0.25) is 0 Å². The van der Waals surface area contributed by atoms with Crippen molar-refractivity contribution < 1.29 is 9.47 Å². The second kappa shape index (κ2) is 5.51. The monoisotopic (exact) mass is 173 g/mol. The van der Waals surface area contributed by atoms with Crippen LogP contribution < -0.4 is 0 Å². The Kier molecular flexibility index (Phi) is 4.58. The highest BCUT2D eigenvalue weighted by molar-refractivity contribution is 4.55. The van der Waals surface area contributed by atoms with Crippen LogP contribution in [-0.2, 0) is 9.47 Å². The third-order valence-corrected chi connectivity index (χ3v) is 2.04. The zero-order valence-corrected chi connectivity index (χ0v) is 8.08. The van der Waals surface area contributed by atoms with E-state index in [0.29, 0.717) is 5.92 Å². The maximum atomic E-state index is 5.47. The van der Waals surface area contributed by atoms with E-state index in [2.05, 4.69) is 18.9 Å². The quantitative estimate of drug-likeness (QED) is 0.535. The van der Waals surface area contributed by atoms with Gasteiger partial charge in [-0.15, -0.1) is 0 Å². The lowest BCUT2D eigenvalue weighted by molar-refractivity contribution is 0.0154. The van der Waals surface area contributed by atoms with E-state index in [9.17, 15) is 0 Å². The first-order valence-corrected chi connectivity index (χ1v) is 4.63. The van der Waals surface area contributed by atoms with Crippen LogP contribution >= 0.6 is 0 Å². The van der Waals surface area contributed by atoms with Gasteiger partial charge in [-0.1, -0.05) is 6.92 Å². The van der Waals surface area contributed by atoms with Crippen molar-refractivity contribution in [1.29, 1.82) is 0 Å². The maximum Gasteiger partial charge on any atom is 0.0593 e. The molecule has 0 radical (unpaired) electrons. The Hall–Kier alpha value is -0.120. The predicted octanol–water partition coefficient (Wildman–Crippen LogP) is 0.601. The topological polar surface area (TPSA) is 21.7 Å². The summed E-state index contributed by atoms with van der Waals surface area (Å²) in [5, 5.41) is 0. The molecule has 0 unspecified atom stereocenters. The molecule has 1 saturated heterocycles. The Balaban J connectivity index is 2.20. The van der Waals surface area contributed by atoms with Crippen molar-refractivity contribution >= 4 is 0 Å². The average Bonchev–Trinajstić information content (AvgIpc) is 2.06. The standard InChI is InChI=1S/C9H19NO2/c1-9-7-11-5-3-10(2)4-6-12-8-9/h9H,3-8H2,1-2H3. The molecule has 0 N–H and O–H groups in total. The molecule has 0 aromatic heterocycles. The molecule has 1 rings (SSSR count). The third kappa shape index (κ3) is 4.04. The molecule has 0 aromatic rings. The minimum absolute atomic E-state index is 0.536. The van der Waals surface area contributed by atoms with E-state index in [1.165, 1.54) is 0 Å². The van der Waals surface area contributed by atoms with Gasteiger partial charge in [-0.25, -0.2) is 0 Å². The van der Waals surface area contributed by atoms with Gasteiger partial charge in [0.1, 0.15) is 0 Å². The number of nitrogens with zero attached hydrogens (tertiary/aromatic N) is 1. The molecule has 1 heterocycles. The van der Waals surface area contributed by atoms with Gasteiger partial charge in [0.25, 0.3) is 0 Å². The van der Waals surface area contributed by atoms with Crippen molar-refractivity contribution in [3.8, 4) is 0 Å². The second-order valence-corrected chi connectivity index (χ2v) is 3.56. The molecular formula is C9H19NO2. The molecule has 0 saturated carbocycles. The zero-order valence-electron chi connectivity index (χ0n) is 8.08. The van der Waals surface area contributed by atoms with Gasteiger partial charge in [-0.05, 0) is 7.05 Å². The summed E-state index contributed by atoms with van der Waals surface area (Å²) in [5.74, 6) is 0.536. The van der Waals surface area contributed by atoms with Gasteiger partial charge < -0.3 is 14.4 Å². The van der Waals surface area contributed by atoms with Gasteiger partial charge >= 0.3 is 0 Å². The molecular weight excluding hydrogens is 154 g/mol. The summed E-state index contributed by atoms with van der Waals surface area (Å²) in [6, 6.07) is 0. The van der Waals surface area contributed by atoms with Gasteiger partial charge in [-0.3, -0.25) is 0 Å². The summed E-state index contributed by atoms with van der Waals surface area (Å²) in [6.07, 6.45) is 0. The maximum absolute atomic E-state index is 5.47. The molecule has 0 aromatic carbocycles. The first kappa shape index (κ1) is 9.96. The van der Waals surface area contributed by atoms with Crippen molar-refractivity contribution in [2.45, 2.75) is 6.92 Å². The minimum atomic E-state index is 0.536. The molecule has 3 heteroatoms. The Morgan fingerprint density at radius 3 is 2.08 bits per heavy atom. The SMILES string of the molecule is CC1COCCN(C)CCOC1. The average molecular weight is 173 g/mol. The summed E-state index contributed by atoms with van der Waals surface area (Å²) in [6.45, 7) is 7.53. The van der Waals surface area contributed by atoms with Crippen molar-refractivity contribution in [1.82, 2.24) is 4.90 Å². The highest BCUT2D eigenvalue weighted by Crippen LogP contribution is 1.99. The normalized spacial score (nSPS) is 25.5. The fourth-order valence-electron chi connectivity index (χ4n) is 1.17. The summed E-state index contributed by atoms with van der Waals surface area (Å²) >= 11 is 0. The van der Waals surface area contributed by atoms with Crippen molar-refractivity contribution in [3.63, 3.8) is 0 Å². The van der Waals surface area contributed by atoms with Gasteiger partial charge in [0.15, 0.2) is 0 Å². The van der Waals surface area contributed by atoms with Crippen molar-refractivity contribution in [2.24, 2.45) is 5.92 Å². The summed E-state index contributed by atoms with van der Waals surface area (Å²) in [4.78, 5) is 2.23. The van der Waals surface area contributed by atoms with Crippen LogP contribution in [0.15, 0.2) is 0 Å². The molecule has 1 aliphatic heterocycles. The fraction of sp³-hybridized carbons (Fsp3) is 1.00. The first-order chi connectivity index (χ1) is 5.79. The number of likely N-dealkylation sites (N-methyl/N-ethyl adjacent to an activating group) is 1.